The molecule has 3 aromatic rings. The summed E-state index contributed by atoms with van der Waals surface area (Å²) in [6.07, 6.45) is -1.66. The number of carbonyl (C=O) groups is 1. The van der Waals surface area contributed by atoms with Crippen molar-refractivity contribution in [3.05, 3.63) is 75.2 Å². The van der Waals surface area contributed by atoms with Crippen LogP contribution in [0.1, 0.15) is 12.5 Å². The van der Waals surface area contributed by atoms with Crippen LogP contribution in [0.4, 0.5) is 26.3 Å². The van der Waals surface area contributed by atoms with E-state index in [1.165, 1.54) is 6.07 Å². The summed E-state index contributed by atoms with van der Waals surface area (Å²) in [5, 5.41) is 2.60. The van der Waals surface area contributed by atoms with Gasteiger partial charge in [0.15, 0.2) is 11.9 Å². The van der Waals surface area contributed by atoms with Gasteiger partial charge in [-0.3, -0.25) is 4.79 Å². The molecule has 11 heteroatoms. The Morgan fingerprint density at radius 3 is 2.23 bits per heavy atom. The minimum absolute atomic E-state index is 0.0718. The fraction of sp³-hybridized carbons (Fsp3) is 0.158. The fourth-order valence-electron chi connectivity index (χ4n) is 2.59. The average molecular weight is 431 g/mol. The van der Waals surface area contributed by atoms with Crippen molar-refractivity contribution in [3.63, 3.8) is 0 Å². The van der Waals surface area contributed by atoms with E-state index >= 15 is 0 Å². The molecular weight excluding hydrogens is 420 g/mol. The van der Waals surface area contributed by atoms with Gasteiger partial charge in [-0.1, -0.05) is 0 Å². The molecule has 3 rings (SSSR count). The first-order valence-corrected chi connectivity index (χ1v) is 8.28. The molecule has 0 spiro atoms. The molecule has 1 aromatic heterocycles. The Labute approximate surface area is 163 Å². The second-order valence-corrected chi connectivity index (χ2v) is 6.11. The molecule has 1 unspecified atom stereocenters. The summed E-state index contributed by atoms with van der Waals surface area (Å²) in [6, 6.07) is 4.42. The van der Waals surface area contributed by atoms with Gasteiger partial charge in [0.05, 0.1) is 0 Å². The van der Waals surface area contributed by atoms with Gasteiger partial charge in [-0.25, -0.2) is 22.4 Å². The van der Waals surface area contributed by atoms with Crippen LogP contribution in [-0.4, -0.2) is 12.0 Å². The highest BCUT2D eigenvalue weighted by atomic mass is 19.2. The van der Waals surface area contributed by atoms with Crippen LogP contribution in [-0.2, 0) is 11.3 Å². The molecule has 5 nitrogen and oxygen atoms in total. The zero-order valence-corrected chi connectivity index (χ0v) is 15.0. The molecule has 1 heterocycles. The smallest absolute Gasteiger partial charge is 0.336 e. The van der Waals surface area contributed by atoms with E-state index in [0.717, 1.165) is 25.1 Å². The Balaban J connectivity index is 1.78. The monoisotopic (exact) mass is 431 g/mol. The molecule has 0 aliphatic carbocycles. The van der Waals surface area contributed by atoms with Gasteiger partial charge in [0.1, 0.15) is 11.4 Å². The number of hydrogen-bond acceptors (Lipinski definition) is 4. The molecule has 0 aliphatic heterocycles. The third-order valence-corrected chi connectivity index (χ3v) is 4.08. The molecule has 1 amide bonds. The topological polar surface area (TPSA) is 68.5 Å². The summed E-state index contributed by atoms with van der Waals surface area (Å²) in [6.45, 7) is 0.720. The highest BCUT2D eigenvalue weighted by Gasteiger charge is 2.29. The van der Waals surface area contributed by atoms with E-state index in [-0.39, 0.29) is 17.7 Å². The van der Waals surface area contributed by atoms with Crippen LogP contribution < -0.4 is 15.7 Å². The quantitative estimate of drug-likeness (QED) is 0.290. The Morgan fingerprint density at radius 1 is 1.00 bits per heavy atom. The number of amides is 1. The van der Waals surface area contributed by atoms with E-state index in [0.29, 0.717) is 5.39 Å². The van der Waals surface area contributed by atoms with E-state index < -0.39 is 58.3 Å². The molecule has 0 radical (unpaired) electrons. The van der Waals surface area contributed by atoms with Crippen LogP contribution in [0, 0.1) is 34.9 Å². The number of halogens is 6. The Bertz CT molecular complexity index is 1180. The second kappa shape index (κ2) is 8.09. The number of carbonyl (C=O) groups excluding carboxylic acids is 1. The summed E-state index contributed by atoms with van der Waals surface area (Å²) in [4.78, 5) is 23.7. The molecule has 1 N–H and O–H groups in total. The first kappa shape index (κ1) is 21.2. The third-order valence-electron chi connectivity index (χ3n) is 4.08. The van der Waals surface area contributed by atoms with Gasteiger partial charge in [-0.15, -0.1) is 0 Å². The molecule has 158 valence electrons. The van der Waals surface area contributed by atoms with Crippen molar-refractivity contribution in [3.8, 4) is 5.75 Å². The first-order chi connectivity index (χ1) is 14.1. The molecule has 0 bridgehead atoms. The molecule has 0 aliphatic rings. The summed E-state index contributed by atoms with van der Waals surface area (Å²) in [7, 11) is 0. The van der Waals surface area contributed by atoms with Gasteiger partial charge in [0.2, 0.25) is 29.1 Å². The normalized spacial score (nSPS) is 12.1. The number of ether oxygens (including phenoxy) is 1. The van der Waals surface area contributed by atoms with Gasteiger partial charge >= 0.3 is 5.63 Å². The predicted molar refractivity (Wildman–Crippen MR) is 90.6 cm³/mol. The van der Waals surface area contributed by atoms with Crippen LogP contribution in [0.25, 0.3) is 11.0 Å². The van der Waals surface area contributed by atoms with Crippen molar-refractivity contribution in [1.82, 2.24) is 5.32 Å². The van der Waals surface area contributed by atoms with E-state index in [4.69, 9.17) is 4.42 Å². The van der Waals surface area contributed by atoms with E-state index in [1.807, 2.05) is 0 Å². The van der Waals surface area contributed by atoms with Crippen LogP contribution in [0.15, 0.2) is 33.5 Å². The SMILES string of the molecule is CC(Oc1c(F)c(F)c(F)c(F)c1F)C(=O)NCc1cc(=O)oc2cc(F)ccc12. The zero-order chi connectivity index (χ0) is 22.2. The first-order valence-electron chi connectivity index (χ1n) is 8.28. The lowest BCUT2D eigenvalue weighted by Crippen LogP contribution is -2.36. The molecule has 0 fully saturated rings. The number of benzene rings is 2. The van der Waals surface area contributed by atoms with Crippen molar-refractivity contribution < 1.29 is 40.3 Å². The number of nitrogens with one attached hydrogen (secondary N) is 1. The van der Waals surface area contributed by atoms with Crippen molar-refractivity contribution in [1.29, 1.82) is 0 Å². The largest absolute Gasteiger partial charge is 0.475 e. The Hall–Kier alpha value is -3.50. The third kappa shape index (κ3) is 3.95. The van der Waals surface area contributed by atoms with Crippen molar-refractivity contribution in [2.45, 2.75) is 19.6 Å². The van der Waals surface area contributed by atoms with Crippen molar-refractivity contribution in [2.75, 3.05) is 0 Å². The number of rotatable bonds is 5. The molecule has 0 saturated heterocycles. The van der Waals surface area contributed by atoms with E-state index in [1.54, 1.807) is 0 Å². The maximum Gasteiger partial charge on any atom is 0.336 e. The van der Waals surface area contributed by atoms with Gasteiger partial charge in [-0.05, 0) is 24.6 Å². The van der Waals surface area contributed by atoms with Gasteiger partial charge < -0.3 is 14.5 Å². The summed E-state index contributed by atoms with van der Waals surface area (Å²) in [5.41, 5.74) is -0.654. The lowest BCUT2D eigenvalue weighted by Gasteiger charge is -2.16. The Kier molecular flexibility index (Phi) is 5.72. The lowest BCUT2D eigenvalue weighted by atomic mass is 10.1. The van der Waals surface area contributed by atoms with Crippen LogP contribution in [0.5, 0.6) is 5.75 Å². The Morgan fingerprint density at radius 2 is 1.60 bits per heavy atom. The fourth-order valence-corrected chi connectivity index (χ4v) is 2.59. The minimum Gasteiger partial charge on any atom is -0.475 e. The summed E-state index contributed by atoms with van der Waals surface area (Å²) < 4.78 is 89.7. The predicted octanol–water partition coefficient (Wildman–Crippen LogP) is 3.71. The summed E-state index contributed by atoms with van der Waals surface area (Å²) >= 11 is 0. The second-order valence-electron chi connectivity index (χ2n) is 6.11. The van der Waals surface area contributed by atoms with Gasteiger partial charge in [0.25, 0.3) is 5.91 Å². The molecule has 0 saturated carbocycles. The van der Waals surface area contributed by atoms with Gasteiger partial charge in [0, 0.05) is 24.1 Å². The van der Waals surface area contributed by atoms with Crippen LogP contribution >= 0.6 is 0 Å². The molecule has 1 atom stereocenters. The van der Waals surface area contributed by atoms with E-state index in [9.17, 15) is 35.9 Å². The lowest BCUT2D eigenvalue weighted by molar-refractivity contribution is -0.127. The van der Waals surface area contributed by atoms with Crippen LogP contribution in [0.3, 0.4) is 0 Å². The molecule has 30 heavy (non-hydrogen) atoms. The van der Waals surface area contributed by atoms with Crippen LogP contribution in [0.2, 0.25) is 0 Å². The highest BCUT2D eigenvalue weighted by Crippen LogP contribution is 2.29. The average Bonchev–Trinajstić information content (AvgIpc) is 2.71. The maximum atomic E-state index is 13.7. The van der Waals surface area contributed by atoms with Crippen molar-refractivity contribution in [2.24, 2.45) is 0 Å². The number of hydrogen-bond donors (Lipinski definition) is 1. The standard InChI is InChI=1S/C19H11F6NO4/c1-7(29-18-16(24)14(22)13(21)15(23)17(18)25)19(28)26-6-8-4-12(27)30-11-5-9(20)2-3-10(8)11/h2-5,7H,6H2,1H3,(H,26,28). The maximum absolute atomic E-state index is 13.7. The minimum atomic E-state index is -2.36. The summed E-state index contributed by atoms with van der Waals surface area (Å²) in [5.74, 6) is -14.5. The van der Waals surface area contributed by atoms with Gasteiger partial charge in [-0.2, -0.15) is 8.78 Å². The zero-order valence-electron chi connectivity index (χ0n) is 15.0. The highest BCUT2D eigenvalue weighted by molar-refractivity contribution is 5.83. The molecular formula is C19H11F6NO4. The van der Waals surface area contributed by atoms with E-state index in [2.05, 4.69) is 10.1 Å². The number of fused-ring (bicyclic) bond motifs is 1. The van der Waals surface area contributed by atoms with Crippen molar-refractivity contribution >= 4 is 16.9 Å². The molecule has 2 aromatic carbocycles.